The number of hydrogen-bond acceptors (Lipinski definition) is 7. The molecule has 2 aliphatic rings. The maximum absolute atomic E-state index is 14.8. The predicted octanol–water partition coefficient (Wildman–Crippen LogP) is 2.99. The van der Waals surface area contributed by atoms with Crippen LogP contribution >= 0.6 is 11.6 Å². The summed E-state index contributed by atoms with van der Waals surface area (Å²) in [6.07, 6.45) is -0.697. The van der Waals surface area contributed by atoms with E-state index in [0.29, 0.717) is 5.56 Å². The number of nitriles is 1. The predicted molar refractivity (Wildman–Crippen MR) is 101 cm³/mol. The number of fused-ring (bicyclic) bond motifs is 1. The van der Waals surface area contributed by atoms with E-state index in [2.05, 4.69) is 10.9 Å². The molecule has 4 unspecified atom stereocenters. The summed E-state index contributed by atoms with van der Waals surface area (Å²) in [6, 6.07) is 11.8. The Kier molecular flexibility index (Phi) is 4.84. The lowest BCUT2D eigenvalue weighted by atomic mass is 9.74. The Morgan fingerprint density at radius 3 is 2.72 bits per heavy atom. The molecule has 2 aliphatic heterocycles. The molecule has 0 bridgehead atoms. The highest BCUT2D eigenvalue weighted by molar-refractivity contribution is 6.31. The molecule has 1 fully saturated rings. The number of nitrogens with zero attached hydrogens (tertiary/aromatic N) is 2. The molecule has 4 rings (SSSR count). The van der Waals surface area contributed by atoms with Crippen molar-refractivity contribution >= 4 is 17.3 Å². The molecule has 0 aliphatic carbocycles. The normalized spacial score (nSPS) is 25.8. The van der Waals surface area contributed by atoms with Gasteiger partial charge in [0.1, 0.15) is 11.9 Å². The number of hydrogen-bond donors (Lipinski definition) is 3. The smallest absolute Gasteiger partial charge is 0.269 e. The molecule has 4 atom stereocenters. The van der Waals surface area contributed by atoms with Crippen LogP contribution < -0.4 is 16.6 Å². The highest BCUT2D eigenvalue weighted by atomic mass is 35.5. The largest absolute Gasteiger partial charge is 0.458 e. The number of hydrazine groups is 1. The number of nitro groups is 1. The van der Waals surface area contributed by atoms with E-state index < -0.39 is 34.8 Å². The van der Waals surface area contributed by atoms with Gasteiger partial charge >= 0.3 is 0 Å². The Balaban J connectivity index is 1.87. The van der Waals surface area contributed by atoms with Crippen molar-refractivity contribution < 1.29 is 14.1 Å². The van der Waals surface area contributed by atoms with Crippen molar-refractivity contribution in [2.24, 2.45) is 11.7 Å². The van der Waals surface area contributed by atoms with Crippen molar-refractivity contribution in [2.75, 3.05) is 0 Å². The number of halogens is 2. The highest BCUT2D eigenvalue weighted by Gasteiger charge is 2.50. The van der Waals surface area contributed by atoms with Gasteiger partial charge in [0.25, 0.3) is 5.69 Å². The van der Waals surface area contributed by atoms with Gasteiger partial charge in [0.15, 0.2) is 6.23 Å². The van der Waals surface area contributed by atoms with Crippen LogP contribution in [0.3, 0.4) is 0 Å². The Labute approximate surface area is 169 Å². The second kappa shape index (κ2) is 7.33. The summed E-state index contributed by atoms with van der Waals surface area (Å²) in [4.78, 5) is 10.7. The molecule has 0 radical (unpaired) electrons. The van der Waals surface area contributed by atoms with Crippen LogP contribution in [0, 0.1) is 33.2 Å². The molecule has 148 valence electrons. The fourth-order valence-electron chi connectivity index (χ4n) is 3.97. The SMILES string of the molecule is N#CC1=C(N)OC2NNC(c3cccc([N+](=O)[O-])c3)C2C1c1c(F)cccc1Cl. The van der Waals surface area contributed by atoms with Gasteiger partial charge < -0.3 is 10.5 Å². The molecular weight excluding hydrogens is 401 g/mol. The van der Waals surface area contributed by atoms with Crippen molar-refractivity contribution in [1.29, 1.82) is 5.26 Å². The number of benzene rings is 2. The lowest BCUT2D eigenvalue weighted by Crippen LogP contribution is -2.41. The summed E-state index contributed by atoms with van der Waals surface area (Å²) in [5.41, 5.74) is 12.6. The van der Waals surface area contributed by atoms with E-state index in [9.17, 15) is 19.8 Å². The van der Waals surface area contributed by atoms with Crippen molar-refractivity contribution in [3.8, 4) is 6.07 Å². The van der Waals surface area contributed by atoms with E-state index in [4.69, 9.17) is 22.1 Å². The summed E-state index contributed by atoms with van der Waals surface area (Å²) >= 11 is 6.30. The molecule has 2 aromatic carbocycles. The van der Waals surface area contributed by atoms with E-state index in [1.165, 1.54) is 30.3 Å². The Morgan fingerprint density at radius 2 is 2.03 bits per heavy atom. The molecule has 0 saturated carbocycles. The molecule has 0 spiro atoms. The first kappa shape index (κ1) is 19.1. The molecule has 29 heavy (non-hydrogen) atoms. The first-order chi connectivity index (χ1) is 13.9. The zero-order valence-corrected chi connectivity index (χ0v) is 15.6. The van der Waals surface area contributed by atoms with Gasteiger partial charge in [-0.25, -0.2) is 15.2 Å². The first-order valence-electron chi connectivity index (χ1n) is 8.68. The number of nitrogens with one attached hydrogen (secondary N) is 2. The van der Waals surface area contributed by atoms with E-state index in [-0.39, 0.29) is 27.7 Å². The summed E-state index contributed by atoms with van der Waals surface area (Å²) in [6.45, 7) is 0. The van der Waals surface area contributed by atoms with Crippen LogP contribution in [0.25, 0.3) is 0 Å². The summed E-state index contributed by atoms with van der Waals surface area (Å²) in [5.74, 6) is -2.06. The van der Waals surface area contributed by atoms with Crippen molar-refractivity contribution in [1.82, 2.24) is 10.9 Å². The first-order valence-corrected chi connectivity index (χ1v) is 9.06. The third-order valence-electron chi connectivity index (χ3n) is 5.20. The number of nitro benzene ring substituents is 1. The van der Waals surface area contributed by atoms with Gasteiger partial charge in [-0.05, 0) is 17.7 Å². The van der Waals surface area contributed by atoms with E-state index >= 15 is 0 Å². The van der Waals surface area contributed by atoms with Crippen LogP contribution in [0.15, 0.2) is 53.9 Å². The minimum atomic E-state index is -0.820. The lowest BCUT2D eigenvalue weighted by molar-refractivity contribution is -0.384. The second-order valence-electron chi connectivity index (χ2n) is 6.74. The Morgan fingerprint density at radius 1 is 1.28 bits per heavy atom. The molecule has 2 heterocycles. The van der Waals surface area contributed by atoms with Crippen molar-refractivity contribution in [3.05, 3.63) is 86.0 Å². The number of ether oxygens (including phenoxy) is 1. The van der Waals surface area contributed by atoms with Gasteiger partial charge in [0.05, 0.1) is 16.5 Å². The van der Waals surface area contributed by atoms with Gasteiger partial charge in [0, 0.05) is 34.6 Å². The summed E-state index contributed by atoms with van der Waals surface area (Å²) < 4.78 is 20.4. The molecule has 2 aromatic rings. The van der Waals surface area contributed by atoms with Crippen LogP contribution in [0.5, 0.6) is 0 Å². The molecule has 10 heteroatoms. The van der Waals surface area contributed by atoms with Crippen LogP contribution in [0.2, 0.25) is 5.02 Å². The third kappa shape index (κ3) is 3.17. The fraction of sp³-hybridized carbons (Fsp3) is 0.211. The van der Waals surface area contributed by atoms with Crippen molar-refractivity contribution in [3.63, 3.8) is 0 Å². The summed E-state index contributed by atoms with van der Waals surface area (Å²) in [5, 5.41) is 21.0. The van der Waals surface area contributed by atoms with Crippen LogP contribution in [0.4, 0.5) is 10.1 Å². The molecule has 8 nitrogen and oxygen atoms in total. The minimum Gasteiger partial charge on any atom is -0.458 e. The Bertz CT molecular complexity index is 1050. The average Bonchev–Trinajstić information content (AvgIpc) is 3.11. The summed E-state index contributed by atoms with van der Waals surface area (Å²) in [7, 11) is 0. The standard InChI is InChI=1S/C19H15ClFN5O3/c20-12-5-2-6-13(21)15(12)14-11(8-22)18(23)29-19-16(14)17(24-25-19)9-3-1-4-10(7-9)26(27)28/h1-7,14,16-17,19,24-25H,23H2. The number of non-ortho nitro benzene ring substituents is 1. The van der Waals surface area contributed by atoms with E-state index in [1.54, 1.807) is 12.1 Å². The minimum absolute atomic E-state index is 0.0548. The molecule has 4 N–H and O–H groups in total. The van der Waals surface area contributed by atoms with Gasteiger partial charge in [-0.3, -0.25) is 10.1 Å². The molecule has 0 aromatic heterocycles. The average molecular weight is 416 g/mol. The highest BCUT2D eigenvalue weighted by Crippen LogP contribution is 2.49. The maximum atomic E-state index is 14.8. The Hall–Kier alpha value is -3.19. The number of allylic oxidation sites excluding steroid dienone is 1. The maximum Gasteiger partial charge on any atom is 0.269 e. The van der Waals surface area contributed by atoms with Gasteiger partial charge in [-0.15, -0.1) is 0 Å². The quantitative estimate of drug-likeness (QED) is 0.519. The number of rotatable bonds is 3. The second-order valence-corrected chi connectivity index (χ2v) is 7.14. The van der Waals surface area contributed by atoms with Gasteiger partial charge in [0.2, 0.25) is 5.88 Å². The van der Waals surface area contributed by atoms with Crippen LogP contribution in [-0.4, -0.2) is 11.2 Å². The van der Waals surface area contributed by atoms with Gasteiger partial charge in [-0.2, -0.15) is 5.26 Å². The monoisotopic (exact) mass is 415 g/mol. The molecule has 1 saturated heterocycles. The topological polar surface area (TPSA) is 126 Å². The van der Waals surface area contributed by atoms with Crippen molar-refractivity contribution in [2.45, 2.75) is 18.2 Å². The molecule has 0 amide bonds. The fourth-order valence-corrected chi connectivity index (χ4v) is 4.25. The van der Waals surface area contributed by atoms with Gasteiger partial charge in [-0.1, -0.05) is 29.8 Å². The van der Waals surface area contributed by atoms with E-state index in [1.807, 2.05) is 6.07 Å². The molecular formula is C19H15ClFN5O3. The van der Waals surface area contributed by atoms with E-state index in [0.717, 1.165) is 0 Å². The zero-order valence-electron chi connectivity index (χ0n) is 14.8. The lowest BCUT2D eigenvalue weighted by Gasteiger charge is -2.36. The zero-order chi connectivity index (χ0) is 20.7. The van der Waals surface area contributed by atoms with Crippen LogP contribution in [-0.2, 0) is 4.74 Å². The third-order valence-corrected chi connectivity index (χ3v) is 5.53. The van der Waals surface area contributed by atoms with Crippen LogP contribution in [0.1, 0.15) is 23.1 Å². The number of nitrogens with two attached hydrogens (primary N) is 1.